The maximum absolute atomic E-state index is 4.40. The van der Waals surface area contributed by atoms with Crippen molar-refractivity contribution < 1.29 is 0 Å². The van der Waals surface area contributed by atoms with Crippen molar-refractivity contribution in [3.05, 3.63) is 47.1 Å². The van der Waals surface area contributed by atoms with Crippen LogP contribution in [-0.4, -0.2) is 17.3 Å². The molecule has 0 N–H and O–H groups in total. The first-order chi connectivity index (χ1) is 8.13. The van der Waals surface area contributed by atoms with E-state index in [1.54, 1.807) is 0 Å². The second kappa shape index (κ2) is 7.28. The Hall–Kier alpha value is -1.09. The lowest BCUT2D eigenvalue weighted by molar-refractivity contribution is 0.415. The fourth-order valence-corrected chi connectivity index (χ4v) is 1.74. The van der Waals surface area contributed by atoms with Crippen LogP contribution in [0.3, 0.4) is 0 Å². The zero-order valence-corrected chi connectivity index (χ0v) is 12.1. The van der Waals surface area contributed by atoms with Crippen molar-refractivity contribution in [3.63, 3.8) is 0 Å². The molecule has 0 radical (unpaired) electrons. The van der Waals surface area contributed by atoms with Gasteiger partial charge in [-0.3, -0.25) is 5.01 Å². The molecule has 0 aromatic carbocycles. The van der Waals surface area contributed by atoms with E-state index >= 15 is 0 Å². The van der Waals surface area contributed by atoms with Crippen LogP contribution in [0.5, 0.6) is 0 Å². The number of rotatable bonds is 5. The number of halogens is 1. The first-order valence-corrected chi connectivity index (χ1v) is 6.64. The third-order valence-electron chi connectivity index (χ3n) is 2.31. The van der Waals surface area contributed by atoms with Crippen LogP contribution in [0.1, 0.15) is 26.7 Å². The van der Waals surface area contributed by atoms with E-state index < -0.39 is 0 Å². The minimum absolute atomic E-state index is 0.788. The number of unbranched alkanes of at least 4 members (excludes halogenated alkanes) is 1. The molecule has 0 aromatic heterocycles. The quantitative estimate of drug-likeness (QED) is 0.687. The van der Waals surface area contributed by atoms with E-state index in [0.717, 1.165) is 35.3 Å². The van der Waals surface area contributed by atoms with E-state index in [1.807, 2.05) is 30.2 Å². The topological polar surface area (TPSA) is 15.6 Å². The molecular formula is C14H19BrN2. The van der Waals surface area contributed by atoms with Crippen LogP contribution < -0.4 is 0 Å². The highest BCUT2D eigenvalue weighted by molar-refractivity contribution is 9.11. The van der Waals surface area contributed by atoms with Gasteiger partial charge in [0, 0.05) is 4.48 Å². The lowest BCUT2D eigenvalue weighted by atomic mass is 10.3. The summed E-state index contributed by atoms with van der Waals surface area (Å²) in [6.45, 7) is 8.95. The van der Waals surface area contributed by atoms with Gasteiger partial charge in [-0.2, -0.15) is 5.10 Å². The molecule has 0 unspecified atom stereocenters. The molecule has 0 bridgehead atoms. The number of hydrogen-bond acceptors (Lipinski definition) is 2. The molecule has 1 aliphatic heterocycles. The molecule has 0 atom stereocenters. The van der Waals surface area contributed by atoms with E-state index in [9.17, 15) is 0 Å². The normalized spacial score (nSPS) is 16.5. The van der Waals surface area contributed by atoms with Crippen LogP contribution in [0.25, 0.3) is 0 Å². The Bertz CT molecular complexity index is 389. The van der Waals surface area contributed by atoms with Gasteiger partial charge in [0.05, 0.1) is 18.0 Å². The van der Waals surface area contributed by atoms with Crippen molar-refractivity contribution in [1.29, 1.82) is 0 Å². The summed E-state index contributed by atoms with van der Waals surface area (Å²) in [5.41, 5.74) is 1.90. The van der Waals surface area contributed by atoms with Gasteiger partial charge in [0.15, 0.2) is 0 Å². The fourth-order valence-electron chi connectivity index (χ4n) is 1.38. The summed E-state index contributed by atoms with van der Waals surface area (Å²) in [5.74, 6) is 0. The Labute approximate surface area is 112 Å². The molecule has 0 saturated carbocycles. The highest BCUT2D eigenvalue weighted by atomic mass is 79.9. The van der Waals surface area contributed by atoms with Gasteiger partial charge in [-0.25, -0.2) is 0 Å². The van der Waals surface area contributed by atoms with Crippen LogP contribution in [0.2, 0.25) is 0 Å². The summed E-state index contributed by atoms with van der Waals surface area (Å²) in [6.07, 6.45) is 12.5. The number of hydrogen-bond donors (Lipinski definition) is 0. The summed E-state index contributed by atoms with van der Waals surface area (Å²) in [5, 5.41) is 6.29. The Morgan fingerprint density at radius 1 is 1.59 bits per heavy atom. The summed E-state index contributed by atoms with van der Waals surface area (Å²) >= 11 is 3.51. The van der Waals surface area contributed by atoms with Gasteiger partial charge >= 0.3 is 0 Å². The molecule has 3 heteroatoms. The van der Waals surface area contributed by atoms with Gasteiger partial charge in [0.1, 0.15) is 0 Å². The standard InChI is InChI=1S/C14H19BrN2/c1-4-5-8-14(15)10-9-13(3)17-11-6-7-12(2)16-17/h6-10H,3-5,11H2,1-2H3. The smallest absolute Gasteiger partial charge is 0.0600 e. The highest BCUT2D eigenvalue weighted by Gasteiger charge is 2.05. The largest absolute Gasteiger partial charge is 0.262 e. The molecule has 92 valence electrons. The Morgan fingerprint density at radius 3 is 3.00 bits per heavy atom. The second-order valence-corrected chi connectivity index (χ2v) is 4.84. The predicted octanol–water partition coefficient (Wildman–Crippen LogP) is 4.38. The Kier molecular flexibility index (Phi) is 5.98. The summed E-state index contributed by atoms with van der Waals surface area (Å²) in [7, 11) is 0. The maximum Gasteiger partial charge on any atom is 0.0600 e. The fraction of sp³-hybridized carbons (Fsp3) is 0.357. The van der Waals surface area contributed by atoms with Crippen LogP contribution in [0.15, 0.2) is 52.2 Å². The third kappa shape index (κ3) is 5.18. The molecule has 0 aliphatic carbocycles. The van der Waals surface area contributed by atoms with Crippen molar-refractivity contribution in [2.24, 2.45) is 5.10 Å². The Morgan fingerprint density at radius 2 is 2.35 bits per heavy atom. The van der Waals surface area contributed by atoms with E-state index in [2.05, 4.69) is 46.7 Å². The van der Waals surface area contributed by atoms with Gasteiger partial charge in [-0.05, 0) is 31.6 Å². The zero-order valence-electron chi connectivity index (χ0n) is 10.5. The molecule has 1 rings (SSSR count). The molecule has 1 heterocycles. The van der Waals surface area contributed by atoms with Crippen molar-refractivity contribution in [3.8, 4) is 0 Å². The third-order valence-corrected chi connectivity index (χ3v) is 2.90. The van der Waals surface area contributed by atoms with Crippen molar-refractivity contribution in [2.75, 3.05) is 6.54 Å². The molecule has 0 fully saturated rings. The average Bonchev–Trinajstić information content (AvgIpc) is 2.33. The van der Waals surface area contributed by atoms with Gasteiger partial charge < -0.3 is 0 Å². The number of hydrazone groups is 1. The molecule has 0 aromatic rings. The zero-order chi connectivity index (χ0) is 12.7. The molecule has 2 nitrogen and oxygen atoms in total. The van der Waals surface area contributed by atoms with E-state index in [-0.39, 0.29) is 0 Å². The van der Waals surface area contributed by atoms with Crippen molar-refractivity contribution >= 4 is 21.6 Å². The van der Waals surface area contributed by atoms with Crippen LogP contribution in [0, 0.1) is 0 Å². The van der Waals surface area contributed by atoms with Crippen LogP contribution in [-0.2, 0) is 0 Å². The number of allylic oxidation sites excluding steroid dienone is 5. The molecule has 0 saturated heterocycles. The molecule has 1 aliphatic rings. The lowest BCUT2D eigenvalue weighted by Crippen LogP contribution is -2.19. The SMILES string of the molecule is C=C(C=CC(Br)=CCCC)N1CC=CC(C)=N1. The minimum atomic E-state index is 0.788. The number of nitrogens with zero attached hydrogens (tertiary/aromatic N) is 2. The van der Waals surface area contributed by atoms with Gasteiger partial charge in [-0.1, -0.05) is 48.0 Å². The second-order valence-electron chi connectivity index (χ2n) is 3.93. The molecule has 0 amide bonds. The predicted molar refractivity (Wildman–Crippen MR) is 79.2 cm³/mol. The van der Waals surface area contributed by atoms with Crippen LogP contribution in [0.4, 0.5) is 0 Å². The van der Waals surface area contributed by atoms with Crippen molar-refractivity contribution in [2.45, 2.75) is 26.7 Å². The Balaban J connectivity index is 2.55. The highest BCUT2D eigenvalue weighted by Crippen LogP contribution is 2.13. The van der Waals surface area contributed by atoms with Gasteiger partial charge in [0.25, 0.3) is 0 Å². The van der Waals surface area contributed by atoms with Crippen molar-refractivity contribution in [1.82, 2.24) is 5.01 Å². The van der Waals surface area contributed by atoms with Gasteiger partial charge in [-0.15, -0.1) is 0 Å². The lowest BCUT2D eigenvalue weighted by Gasteiger charge is -2.20. The average molecular weight is 295 g/mol. The first-order valence-electron chi connectivity index (χ1n) is 5.85. The first kappa shape index (κ1) is 14.0. The minimum Gasteiger partial charge on any atom is -0.262 e. The summed E-state index contributed by atoms with van der Waals surface area (Å²) < 4.78 is 1.09. The van der Waals surface area contributed by atoms with Crippen LogP contribution >= 0.6 is 15.9 Å². The molecular weight excluding hydrogens is 276 g/mol. The summed E-state index contributed by atoms with van der Waals surface area (Å²) in [6, 6.07) is 0. The maximum atomic E-state index is 4.40. The monoisotopic (exact) mass is 294 g/mol. The van der Waals surface area contributed by atoms with Gasteiger partial charge in [0.2, 0.25) is 0 Å². The van der Waals surface area contributed by atoms with E-state index in [1.165, 1.54) is 0 Å². The molecule has 17 heavy (non-hydrogen) atoms. The molecule has 0 spiro atoms. The van der Waals surface area contributed by atoms with E-state index in [0.29, 0.717) is 0 Å². The summed E-state index contributed by atoms with van der Waals surface area (Å²) in [4.78, 5) is 0. The van der Waals surface area contributed by atoms with E-state index in [4.69, 9.17) is 0 Å².